The number of rotatable bonds is 29. The molecule has 6 aromatic heterocycles. The number of hydrogen-bond donors (Lipinski definition) is 4. The van der Waals surface area contributed by atoms with E-state index in [-0.39, 0.29) is 0 Å². The third kappa shape index (κ3) is 13.3. The van der Waals surface area contributed by atoms with Crippen molar-refractivity contribution in [1.82, 2.24) is 59.6 Å². The van der Waals surface area contributed by atoms with Crippen molar-refractivity contribution in [3.05, 3.63) is 95.8 Å². The van der Waals surface area contributed by atoms with E-state index in [9.17, 15) is 0 Å². The van der Waals surface area contributed by atoms with Gasteiger partial charge in [-0.1, -0.05) is 104 Å². The fourth-order valence-corrected chi connectivity index (χ4v) is 13.0. The minimum atomic E-state index is 0.363. The Balaban J connectivity index is 0.519. The maximum Gasteiger partial charge on any atom is 0.197 e. The van der Waals surface area contributed by atoms with E-state index in [4.69, 9.17) is 9.47 Å². The molecule has 0 bridgehead atoms. The van der Waals surface area contributed by atoms with Crippen LogP contribution in [0.2, 0.25) is 0 Å². The van der Waals surface area contributed by atoms with Gasteiger partial charge in [-0.3, -0.25) is 0 Å². The Morgan fingerprint density at radius 2 is 0.897 bits per heavy atom. The fraction of sp³-hybridized carbons (Fsp3) is 0.562. The monoisotopic (exact) mass is 1060 g/mol. The molecule has 2 aliphatic heterocycles. The first-order chi connectivity index (χ1) is 38.3. The quantitative estimate of drug-likeness (QED) is 0.0335. The van der Waals surface area contributed by atoms with Crippen molar-refractivity contribution in [1.29, 1.82) is 0 Å². The molecule has 0 aliphatic carbocycles. The number of H-pyrrole nitrogens is 2. The van der Waals surface area contributed by atoms with Gasteiger partial charge in [-0.25, -0.2) is 19.0 Å². The highest BCUT2D eigenvalue weighted by atomic mass is 16.5. The molecule has 2 fully saturated rings. The lowest BCUT2D eigenvalue weighted by atomic mass is 9.87. The highest BCUT2D eigenvalue weighted by molar-refractivity contribution is 5.93. The molecular formula is C64H90N12O2. The predicted molar refractivity (Wildman–Crippen MR) is 320 cm³/mol. The summed E-state index contributed by atoms with van der Waals surface area (Å²) in [6.45, 7) is 20.7. The van der Waals surface area contributed by atoms with Crippen LogP contribution in [0.5, 0.6) is 11.5 Å². The van der Waals surface area contributed by atoms with Crippen LogP contribution in [0.3, 0.4) is 0 Å². The van der Waals surface area contributed by atoms with Gasteiger partial charge in [0.25, 0.3) is 0 Å². The number of benzene rings is 2. The summed E-state index contributed by atoms with van der Waals surface area (Å²) in [4.78, 5) is 21.6. The van der Waals surface area contributed by atoms with E-state index in [0.29, 0.717) is 23.7 Å². The number of fused-ring (bicyclic) bond motifs is 4. The molecular weight excluding hydrogens is 969 g/mol. The van der Waals surface area contributed by atoms with Gasteiger partial charge in [0.1, 0.15) is 12.7 Å². The second kappa shape index (κ2) is 26.9. The lowest BCUT2D eigenvalue weighted by Gasteiger charge is -2.32. The number of hydrogen-bond acceptors (Lipinski definition) is 10. The molecule has 8 heterocycles. The van der Waals surface area contributed by atoms with Gasteiger partial charge in [0.2, 0.25) is 0 Å². The molecule has 8 aromatic rings. The zero-order valence-corrected chi connectivity index (χ0v) is 48.0. The molecule has 14 heteroatoms. The first kappa shape index (κ1) is 55.5. The van der Waals surface area contributed by atoms with Crippen molar-refractivity contribution in [2.45, 2.75) is 154 Å². The van der Waals surface area contributed by atoms with Crippen LogP contribution in [0, 0.1) is 0 Å². The number of pyridine rings is 2. The SMILES string of the molecule is COc1cc(-c2[nH]c3ccc(C4CCN(CCNCCCCCCCCCCCCCCNCCN5CCC(c6ccc7[nH]c(-c8cc(OC)c9ncnn9c8)c(C(C)C)c7c6)CC5)CC4)cc3c2C(C)C)cn2ncnc12. The van der Waals surface area contributed by atoms with Crippen molar-refractivity contribution in [2.24, 2.45) is 0 Å². The van der Waals surface area contributed by atoms with E-state index in [1.165, 1.54) is 173 Å². The normalized spacial score (nSPS) is 15.4. The summed E-state index contributed by atoms with van der Waals surface area (Å²) in [5.41, 5.74) is 13.9. The average molecular weight is 1060 g/mol. The summed E-state index contributed by atoms with van der Waals surface area (Å²) in [5.74, 6) is 3.40. The Hall–Kier alpha value is -5.80. The van der Waals surface area contributed by atoms with Crippen molar-refractivity contribution in [3.63, 3.8) is 0 Å². The van der Waals surface area contributed by atoms with E-state index >= 15 is 0 Å². The lowest BCUT2D eigenvalue weighted by Crippen LogP contribution is -2.38. The van der Waals surface area contributed by atoms with Gasteiger partial charge in [0.05, 0.1) is 25.6 Å². The van der Waals surface area contributed by atoms with Gasteiger partial charge >= 0.3 is 0 Å². The number of nitrogens with zero attached hydrogens (tertiary/aromatic N) is 8. The number of piperidine rings is 2. The van der Waals surface area contributed by atoms with Crippen molar-refractivity contribution < 1.29 is 9.47 Å². The highest BCUT2D eigenvalue weighted by Gasteiger charge is 2.26. The number of likely N-dealkylation sites (tertiary alicyclic amines) is 2. The highest BCUT2D eigenvalue weighted by Crippen LogP contribution is 2.41. The van der Waals surface area contributed by atoms with Gasteiger partial charge in [0, 0.05) is 71.5 Å². The van der Waals surface area contributed by atoms with Crippen LogP contribution in [0.25, 0.3) is 55.6 Å². The van der Waals surface area contributed by atoms with Gasteiger partial charge in [-0.2, -0.15) is 10.2 Å². The molecule has 14 nitrogen and oxygen atoms in total. The molecule has 0 radical (unpaired) electrons. The van der Waals surface area contributed by atoms with Crippen LogP contribution < -0.4 is 20.1 Å². The molecule has 418 valence electrons. The molecule has 0 saturated carbocycles. The minimum absolute atomic E-state index is 0.363. The molecule has 0 atom stereocenters. The number of ether oxygens (including phenoxy) is 2. The maximum absolute atomic E-state index is 5.69. The standard InChI is InChI=1S/C64H90N12O2/c1-45(2)59-53-37-49(19-21-55(53)71-61(59)51-39-57(77-5)63-67-43-69-75(63)41-51)47-23-31-73(32-24-47)35-29-65-27-17-15-13-11-9-7-8-10-12-14-16-18-28-66-30-36-74-33-25-48(26-34-74)50-20-22-56-54(38-50)60(46(3)4)62(72-56)52-40-58(78-6)64-68-44-70-76(64)42-52/h19-22,37-48,65-66,71-72H,7-18,23-36H2,1-6H3. The fourth-order valence-electron chi connectivity index (χ4n) is 13.0. The van der Waals surface area contributed by atoms with E-state index < -0.39 is 0 Å². The molecule has 2 saturated heterocycles. The van der Waals surface area contributed by atoms with E-state index in [1.807, 2.05) is 0 Å². The van der Waals surface area contributed by atoms with Gasteiger partial charge in [-0.05, 0) is 160 Å². The number of aromatic amines is 2. The van der Waals surface area contributed by atoms with Crippen molar-refractivity contribution in [3.8, 4) is 34.0 Å². The molecule has 2 aliphatic rings. The van der Waals surface area contributed by atoms with E-state index in [1.54, 1.807) is 35.9 Å². The lowest BCUT2D eigenvalue weighted by molar-refractivity contribution is 0.213. The van der Waals surface area contributed by atoms with Crippen LogP contribution >= 0.6 is 0 Å². The van der Waals surface area contributed by atoms with E-state index in [0.717, 1.165) is 84.6 Å². The first-order valence-electron chi connectivity index (χ1n) is 30.2. The van der Waals surface area contributed by atoms with Crippen LogP contribution in [0.4, 0.5) is 0 Å². The summed E-state index contributed by atoms with van der Waals surface area (Å²) in [6, 6.07) is 18.4. The smallest absolute Gasteiger partial charge is 0.197 e. The second-order valence-corrected chi connectivity index (χ2v) is 23.4. The predicted octanol–water partition coefficient (Wildman–Crippen LogP) is 13.3. The zero-order chi connectivity index (χ0) is 53.8. The Labute approximate surface area is 463 Å². The number of methoxy groups -OCH3 is 2. The molecule has 0 unspecified atom stereocenters. The Kier molecular flexibility index (Phi) is 19.1. The zero-order valence-electron chi connectivity index (χ0n) is 48.0. The number of nitrogens with one attached hydrogen (secondary N) is 4. The largest absolute Gasteiger partial charge is 0.493 e. The molecule has 4 N–H and O–H groups in total. The summed E-state index contributed by atoms with van der Waals surface area (Å²) < 4.78 is 15.0. The molecule has 2 aromatic carbocycles. The maximum atomic E-state index is 5.69. The first-order valence-corrected chi connectivity index (χ1v) is 30.2. The average Bonchev–Trinajstić information content (AvgIpc) is 4.30. The van der Waals surface area contributed by atoms with E-state index in [2.05, 4.69) is 139 Å². The third-order valence-corrected chi connectivity index (χ3v) is 17.4. The summed E-state index contributed by atoms with van der Waals surface area (Å²) in [5, 5.41) is 19.0. The topological polar surface area (TPSA) is 141 Å². The van der Waals surface area contributed by atoms with Crippen molar-refractivity contribution >= 4 is 33.1 Å². The van der Waals surface area contributed by atoms with Crippen LogP contribution in [-0.2, 0) is 0 Å². The Morgan fingerprint density at radius 1 is 0.513 bits per heavy atom. The van der Waals surface area contributed by atoms with Crippen LogP contribution in [-0.4, -0.2) is 129 Å². The Bertz CT molecular complexity index is 2940. The number of unbranched alkanes of at least 4 members (excludes halogenated alkanes) is 11. The molecule has 10 rings (SSSR count). The van der Waals surface area contributed by atoms with Gasteiger partial charge in [-0.15, -0.1) is 0 Å². The summed E-state index contributed by atoms with van der Waals surface area (Å²) >= 11 is 0. The molecule has 78 heavy (non-hydrogen) atoms. The Morgan fingerprint density at radius 3 is 1.27 bits per heavy atom. The second-order valence-electron chi connectivity index (χ2n) is 23.4. The third-order valence-electron chi connectivity index (χ3n) is 17.4. The van der Waals surface area contributed by atoms with Gasteiger partial charge < -0.3 is 39.9 Å². The summed E-state index contributed by atoms with van der Waals surface area (Å²) in [7, 11) is 3.39. The van der Waals surface area contributed by atoms with Crippen molar-refractivity contribution in [2.75, 3.05) is 79.7 Å². The summed E-state index contributed by atoms with van der Waals surface area (Å²) in [6.07, 6.45) is 28.7. The number of aromatic nitrogens is 8. The van der Waals surface area contributed by atoms with Crippen LogP contribution in [0.15, 0.2) is 73.6 Å². The minimum Gasteiger partial charge on any atom is -0.493 e. The van der Waals surface area contributed by atoms with Crippen LogP contribution in [0.1, 0.15) is 176 Å². The molecule has 0 amide bonds. The molecule has 0 spiro atoms. The van der Waals surface area contributed by atoms with Gasteiger partial charge in [0.15, 0.2) is 22.8 Å².